The summed E-state index contributed by atoms with van der Waals surface area (Å²) in [6, 6.07) is 5.59. The number of halogens is 1. The Bertz CT molecular complexity index is 1760. The van der Waals surface area contributed by atoms with Crippen LogP contribution >= 0.6 is 0 Å². The number of anilines is 4. The lowest BCUT2D eigenvalue weighted by Gasteiger charge is -2.14. The predicted octanol–water partition coefficient (Wildman–Crippen LogP) is 3.66. The molecule has 5 aromatic rings. The monoisotopic (exact) mass is 515 g/mol. The lowest BCUT2D eigenvalue weighted by Crippen LogP contribution is -2.06. The van der Waals surface area contributed by atoms with Crippen LogP contribution in [0.4, 0.5) is 27.4 Å². The maximum Gasteiger partial charge on any atom is 0.154 e. The van der Waals surface area contributed by atoms with Gasteiger partial charge >= 0.3 is 0 Å². The summed E-state index contributed by atoms with van der Waals surface area (Å²) in [5, 5.41) is 9.22. The largest absolute Gasteiger partial charge is 0.396 e. The van der Waals surface area contributed by atoms with Crippen molar-refractivity contribution >= 4 is 44.8 Å². The molecule has 2 aliphatic heterocycles. The first-order valence-electron chi connectivity index (χ1n) is 11.8. The van der Waals surface area contributed by atoms with Crippen molar-refractivity contribution in [1.82, 2.24) is 29.3 Å². The van der Waals surface area contributed by atoms with E-state index in [2.05, 4.69) is 29.6 Å². The Morgan fingerprint density at radius 1 is 1.14 bits per heavy atom. The average Bonchev–Trinajstić information content (AvgIpc) is 3.57. The standard InChI is InChI=1S/C25H22FN9OS/c1-13-17(9-29-19-12-37(36)33-25(13)19)16-6-14-7-20(30-10-18(14)24(27)23(16)26)31-21-8-15-2-4-34-5-3-28-22(34)11-35(15)32-21/h3,5-10,33H,2,4,11-12,27H2,1H3,(H,30,31,32). The molecule has 186 valence electrons. The lowest BCUT2D eigenvalue weighted by atomic mass is 9.96. The third-order valence-corrected chi connectivity index (χ3v) is 7.98. The summed E-state index contributed by atoms with van der Waals surface area (Å²) in [5.41, 5.74) is 10.4. The highest BCUT2D eigenvalue weighted by Crippen LogP contribution is 2.39. The van der Waals surface area contributed by atoms with E-state index in [4.69, 9.17) is 10.8 Å². The molecule has 7 rings (SSSR count). The second-order valence-corrected chi connectivity index (χ2v) is 10.4. The summed E-state index contributed by atoms with van der Waals surface area (Å²) < 4.78 is 34.4. The number of hydrogen-bond acceptors (Lipinski definition) is 7. The maximum absolute atomic E-state index is 15.4. The number of fused-ring (bicyclic) bond motifs is 4. The van der Waals surface area contributed by atoms with Crippen LogP contribution in [0.3, 0.4) is 0 Å². The molecule has 0 spiro atoms. The number of imidazole rings is 1. The SMILES string of the molecule is Cc1c(-c2cc3cc(Nc4cc5n(n4)Cc4nccn4CC5)ncc3c(N)c2F)cnc2c1NS(=O)C2. The van der Waals surface area contributed by atoms with Gasteiger partial charge in [-0.05, 0) is 30.0 Å². The molecule has 0 fully saturated rings. The summed E-state index contributed by atoms with van der Waals surface area (Å²) in [4.78, 5) is 13.3. The smallest absolute Gasteiger partial charge is 0.154 e. The van der Waals surface area contributed by atoms with E-state index >= 15 is 4.39 Å². The van der Waals surface area contributed by atoms with Gasteiger partial charge in [-0.25, -0.2) is 18.6 Å². The third-order valence-electron chi connectivity index (χ3n) is 7.01. The number of nitrogens with two attached hydrogens (primary N) is 1. The topological polar surface area (TPSA) is 129 Å². The van der Waals surface area contributed by atoms with Gasteiger partial charge in [-0.3, -0.25) is 9.67 Å². The number of nitrogen functional groups attached to an aromatic ring is 1. The van der Waals surface area contributed by atoms with E-state index in [9.17, 15) is 4.21 Å². The zero-order valence-electron chi connectivity index (χ0n) is 19.8. The molecule has 1 unspecified atom stereocenters. The van der Waals surface area contributed by atoms with Crippen molar-refractivity contribution < 1.29 is 8.60 Å². The molecule has 0 amide bonds. The Kier molecular flexibility index (Phi) is 4.80. The minimum Gasteiger partial charge on any atom is -0.396 e. The minimum atomic E-state index is -1.22. The second kappa shape index (κ2) is 8.10. The van der Waals surface area contributed by atoms with Crippen LogP contribution in [0.2, 0.25) is 0 Å². The van der Waals surface area contributed by atoms with Gasteiger partial charge in [0.2, 0.25) is 0 Å². The number of hydrogen-bond donors (Lipinski definition) is 3. The zero-order valence-corrected chi connectivity index (χ0v) is 20.6. The van der Waals surface area contributed by atoms with Crippen molar-refractivity contribution in [1.29, 1.82) is 0 Å². The average molecular weight is 516 g/mol. The molecule has 0 saturated heterocycles. The molecule has 6 heterocycles. The Hall–Kier alpha value is -4.32. The molecule has 4 aromatic heterocycles. The molecule has 0 aliphatic carbocycles. The normalized spacial score (nSPS) is 16.1. The third kappa shape index (κ3) is 3.55. The molecule has 1 atom stereocenters. The first-order chi connectivity index (χ1) is 17.9. The van der Waals surface area contributed by atoms with E-state index < -0.39 is 16.8 Å². The Morgan fingerprint density at radius 2 is 2.03 bits per heavy atom. The van der Waals surface area contributed by atoms with E-state index in [1.807, 2.05) is 36.1 Å². The highest BCUT2D eigenvalue weighted by atomic mass is 32.2. The first-order valence-corrected chi connectivity index (χ1v) is 13.1. The minimum absolute atomic E-state index is 0.0205. The summed E-state index contributed by atoms with van der Waals surface area (Å²) >= 11 is 0. The quantitative estimate of drug-likeness (QED) is 0.313. The molecular weight excluding hydrogens is 493 g/mol. The second-order valence-electron chi connectivity index (χ2n) is 9.24. The molecule has 1 aromatic carbocycles. The van der Waals surface area contributed by atoms with Gasteiger partial charge in [0.05, 0.1) is 29.4 Å². The number of rotatable bonds is 3. The van der Waals surface area contributed by atoms with Crippen LogP contribution < -0.4 is 15.8 Å². The summed E-state index contributed by atoms with van der Waals surface area (Å²) in [7, 11) is -1.22. The molecule has 0 bridgehead atoms. The van der Waals surface area contributed by atoms with Gasteiger partial charge in [-0.2, -0.15) is 5.10 Å². The van der Waals surface area contributed by atoms with Crippen molar-refractivity contribution in [3.8, 4) is 11.1 Å². The van der Waals surface area contributed by atoms with Crippen molar-refractivity contribution in [2.45, 2.75) is 32.2 Å². The molecule has 12 heteroatoms. The van der Waals surface area contributed by atoms with Gasteiger partial charge in [-0.15, -0.1) is 0 Å². The summed E-state index contributed by atoms with van der Waals surface area (Å²) in [6.45, 7) is 3.32. The van der Waals surface area contributed by atoms with Crippen LogP contribution in [-0.4, -0.2) is 33.5 Å². The molecule has 2 aliphatic rings. The molecule has 0 radical (unpaired) electrons. The number of nitrogens with one attached hydrogen (secondary N) is 2. The van der Waals surface area contributed by atoms with E-state index in [1.165, 1.54) is 0 Å². The lowest BCUT2D eigenvalue weighted by molar-refractivity contribution is 0.637. The fourth-order valence-electron chi connectivity index (χ4n) is 5.06. The van der Waals surface area contributed by atoms with Crippen molar-refractivity contribution in [3.05, 3.63) is 71.6 Å². The number of nitrogens with zero attached hydrogens (tertiary/aromatic N) is 6. The van der Waals surface area contributed by atoms with Crippen molar-refractivity contribution in [2.24, 2.45) is 0 Å². The van der Waals surface area contributed by atoms with Gasteiger partial charge in [0.25, 0.3) is 0 Å². The van der Waals surface area contributed by atoms with Crippen LogP contribution in [-0.2, 0) is 36.2 Å². The molecule has 0 saturated carbocycles. The fraction of sp³-hybridized carbons (Fsp3) is 0.200. The van der Waals surface area contributed by atoms with Crippen molar-refractivity contribution in [2.75, 3.05) is 15.8 Å². The number of pyridine rings is 2. The number of benzene rings is 1. The Balaban J connectivity index is 1.25. The highest BCUT2D eigenvalue weighted by molar-refractivity contribution is 7.86. The number of aryl methyl sites for hydroxylation is 2. The van der Waals surface area contributed by atoms with Crippen LogP contribution in [0.15, 0.2) is 43.0 Å². The summed E-state index contributed by atoms with van der Waals surface area (Å²) in [5.74, 6) is 2.02. The molecule has 10 nitrogen and oxygen atoms in total. The maximum atomic E-state index is 15.4. The van der Waals surface area contributed by atoms with Crippen LogP contribution in [0, 0.1) is 12.7 Å². The Morgan fingerprint density at radius 3 is 2.92 bits per heavy atom. The van der Waals surface area contributed by atoms with Gasteiger partial charge in [-0.1, -0.05) is 0 Å². The van der Waals surface area contributed by atoms with Crippen LogP contribution in [0.5, 0.6) is 0 Å². The van der Waals surface area contributed by atoms with Gasteiger partial charge in [0, 0.05) is 66.0 Å². The van der Waals surface area contributed by atoms with Gasteiger partial charge in [0.1, 0.15) is 22.6 Å². The van der Waals surface area contributed by atoms with E-state index in [-0.39, 0.29) is 5.69 Å². The van der Waals surface area contributed by atoms with Crippen LogP contribution in [0.1, 0.15) is 22.8 Å². The van der Waals surface area contributed by atoms with E-state index in [0.29, 0.717) is 51.8 Å². The van der Waals surface area contributed by atoms with Crippen molar-refractivity contribution in [3.63, 3.8) is 0 Å². The van der Waals surface area contributed by atoms with E-state index in [1.54, 1.807) is 18.5 Å². The van der Waals surface area contributed by atoms with Crippen LogP contribution in [0.25, 0.3) is 21.9 Å². The first kappa shape index (κ1) is 21.9. The summed E-state index contributed by atoms with van der Waals surface area (Å²) in [6.07, 6.45) is 7.82. The van der Waals surface area contributed by atoms with Gasteiger partial charge in [0.15, 0.2) is 11.6 Å². The predicted molar refractivity (Wildman–Crippen MR) is 140 cm³/mol. The fourth-order valence-corrected chi connectivity index (χ4v) is 6.10. The molecule has 4 N–H and O–H groups in total. The number of aromatic nitrogens is 6. The molecule has 37 heavy (non-hydrogen) atoms. The van der Waals surface area contributed by atoms with E-state index in [0.717, 1.165) is 35.4 Å². The van der Waals surface area contributed by atoms with Gasteiger partial charge < -0.3 is 20.3 Å². The zero-order chi connectivity index (χ0) is 25.3. The highest BCUT2D eigenvalue weighted by Gasteiger charge is 2.24. The molecular formula is C25H22FN9OS. The Labute approximate surface area is 213 Å².